The van der Waals surface area contributed by atoms with Gasteiger partial charge < -0.3 is 9.05 Å². The van der Waals surface area contributed by atoms with Gasteiger partial charge >= 0.3 is 0 Å². The molecule has 2 aromatic rings. The van der Waals surface area contributed by atoms with Crippen LogP contribution >= 0.6 is 28.7 Å². The summed E-state index contributed by atoms with van der Waals surface area (Å²) in [5.41, 5.74) is -1.47. The number of fused-ring (bicyclic) bond motifs is 1. The van der Waals surface area contributed by atoms with Crippen molar-refractivity contribution < 1.29 is 9.05 Å². The molecule has 5 nitrogen and oxygen atoms in total. The highest BCUT2D eigenvalue weighted by Gasteiger charge is 2.19. The Morgan fingerprint density at radius 1 is 1.36 bits per heavy atom. The fourth-order valence-corrected chi connectivity index (χ4v) is 6.41. The van der Waals surface area contributed by atoms with E-state index in [1.54, 1.807) is 18.2 Å². The number of pyridine rings is 1. The fourth-order valence-electron chi connectivity index (χ4n) is 1.81. The van der Waals surface area contributed by atoms with Gasteiger partial charge in [0, 0.05) is 11.8 Å². The number of hydrogen-bond acceptors (Lipinski definition) is 6. The predicted octanol–water partition coefficient (Wildman–Crippen LogP) is 3.88. The molecule has 0 aliphatic heterocycles. The quantitative estimate of drug-likeness (QED) is 0.538. The molecule has 0 saturated carbocycles. The van der Waals surface area contributed by atoms with E-state index in [0.29, 0.717) is 35.5 Å². The minimum Gasteiger partial charge on any atom is -0.322 e. The van der Waals surface area contributed by atoms with Crippen molar-refractivity contribution in [2.75, 3.05) is 13.2 Å². The minimum absolute atomic E-state index is 0.215. The molecule has 22 heavy (non-hydrogen) atoms. The van der Waals surface area contributed by atoms with Gasteiger partial charge in [0.1, 0.15) is 10.8 Å². The predicted molar refractivity (Wildman–Crippen MR) is 95.3 cm³/mol. The smallest absolute Gasteiger partial charge is 0.259 e. The fraction of sp³-hybridized carbons (Fsp3) is 0.385. The third-order valence-corrected chi connectivity index (χ3v) is 8.37. The Morgan fingerprint density at radius 2 is 2.05 bits per heavy atom. The van der Waals surface area contributed by atoms with E-state index >= 15 is 0 Å². The third kappa shape index (κ3) is 4.31. The molecule has 0 aromatic carbocycles. The van der Waals surface area contributed by atoms with Gasteiger partial charge in [0.2, 0.25) is 5.69 Å². The van der Waals surface area contributed by atoms with Gasteiger partial charge in [-0.2, -0.15) is 0 Å². The minimum atomic E-state index is -2.39. The average Bonchev–Trinajstić information content (AvgIpc) is 2.45. The zero-order valence-corrected chi connectivity index (χ0v) is 15.5. The standard InChI is InChI=1S/C13H16ClN2O3PS2/c1-3-18-20(21,19-4-2)22-9-10-8-13(17)16-11(14)6-5-7-12(16)15-10/h5-8H,3-4,9H2,1-2H3. The van der Waals surface area contributed by atoms with Crippen LogP contribution < -0.4 is 5.56 Å². The lowest BCUT2D eigenvalue weighted by Crippen LogP contribution is -2.16. The molecule has 0 aliphatic carbocycles. The summed E-state index contributed by atoms with van der Waals surface area (Å²) in [5, 5.41) is 0.336. The molecular formula is C13H16ClN2O3PS2. The molecule has 0 fully saturated rings. The number of aromatic nitrogens is 2. The zero-order chi connectivity index (χ0) is 16.2. The van der Waals surface area contributed by atoms with Crippen LogP contribution in [-0.4, -0.2) is 22.6 Å². The summed E-state index contributed by atoms with van der Waals surface area (Å²) in [4.78, 5) is 16.6. The second-order valence-electron chi connectivity index (χ2n) is 4.18. The molecule has 0 bridgehead atoms. The van der Waals surface area contributed by atoms with Crippen LogP contribution in [0, 0.1) is 0 Å². The second kappa shape index (κ2) is 7.90. The van der Waals surface area contributed by atoms with E-state index in [1.165, 1.54) is 21.8 Å². The van der Waals surface area contributed by atoms with Crippen LogP contribution in [-0.2, 0) is 26.6 Å². The van der Waals surface area contributed by atoms with Crippen LogP contribution in [0.5, 0.6) is 0 Å². The molecule has 0 N–H and O–H groups in total. The second-order valence-corrected chi connectivity index (χ2v) is 10.9. The maximum atomic E-state index is 12.1. The molecule has 2 heterocycles. The topological polar surface area (TPSA) is 52.8 Å². The maximum Gasteiger partial charge on any atom is 0.259 e. The molecule has 2 rings (SSSR count). The van der Waals surface area contributed by atoms with Gasteiger partial charge in [-0.1, -0.05) is 29.0 Å². The first kappa shape index (κ1) is 17.9. The Morgan fingerprint density at radius 3 is 2.68 bits per heavy atom. The van der Waals surface area contributed by atoms with Crippen LogP contribution in [0.1, 0.15) is 19.5 Å². The molecule has 120 valence electrons. The Hall–Kier alpha value is -0.430. The highest BCUT2D eigenvalue weighted by molar-refractivity contribution is 8.67. The van der Waals surface area contributed by atoms with Gasteiger partial charge in [-0.15, -0.1) is 0 Å². The van der Waals surface area contributed by atoms with Crippen molar-refractivity contribution in [2.45, 2.75) is 19.6 Å². The van der Waals surface area contributed by atoms with Gasteiger partial charge in [-0.25, -0.2) is 4.98 Å². The highest BCUT2D eigenvalue weighted by Crippen LogP contribution is 2.61. The largest absolute Gasteiger partial charge is 0.322 e. The summed E-state index contributed by atoms with van der Waals surface area (Å²) in [6.07, 6.45) is 0. The normalized spacial score (nSPS) is 12.0. The Bertz CT molecular complexity index is 759. The van der Waals surface area contributed by atoms with Gasteiger partial charge in [0.05, 0.1) is 18.9 Å². The van der Waals surface area contributed by atoms with Crippen LogP contribution in [0.2, 0.25) is 5.15 Å². The van der Waals surface area contributed by atoms with Crippen LogP contribution in [0.4, 0.5) is 0 Å². The molecule has 0 aliphatic rings. The summed E-state index contributed by atoms with van der Waals surface area (Å²) in [7, 11) is 0. The molecule has 9 heteroatoms. The molecule has 0 spiro atoms. The third-order valence-electron chi connectivity index (χ3n) is 2.64. The Kier molecular flexibility index (Phi) is 6.44. The van der Waals surface area contributed by atoms with Crippen LogP contribution in [0.15, 0.2) is 29.1 Å². The van der Waals surface area contributed by atoms with E-state index < -0.39 is 5.69 Å². The molecule has 0 atom stereocenters. The van der Waals surface area contributed by atoms with Crippen molar-refractivity contribution in [3.63, 3.8) is 0 Å². The van der Waals surface area contributed by atoms with Crippen molar-refractivity contribution in [3.8, 4) is 0 Å². The average molecular weight is 379 g/mol. The molecule has 0 saturated heterocycles. The summed E-state index contributed by atoms with van der Waals surface area (Å²) in [6.45, 7) is 4.74. The van der Waals surface area contributed by atoms with E-state index in [-0.39, 0.29) is 5.56 Å². The van der Waals surface area contributed by atoms with Crippen LogP contribution in [0.3, 0.4) is 0 Å². The number of nitrogens with zero attached hydrogens (tertiary/aromatic N) is 2. The first-order valence-corrected chi connectivity index (χ1v) is 11.3. The first-order chi connectivity index (χ1) is 10.5. The van der Waals surface area contributed by atoms with Gasteiger partial charge in [0.25, 0.3) is 5.56 Å². The highest BCUT2D eigenvalue weighted by atomic mass is 35.5. The summed E-state index contributed by atoms with van der Waals surface area (Å²) < 4.78 is 12.5. The molecule has 2 aromatic heterocycles. The lowest BCUT2D eigenvalue weighted by Gasteiger charge is -2.19. The van der Waals surface area contributed by atoms with Gasteiger partial charge in [-0.3, -0.25) is 9.20 Å². The lowest BCUT2D eigenvalue weighted by molar-refractivity contribution is 0.280. The summed E-state index contributed by atoms with van der Waals surface area (Å²) in [5.74, 6) is 0.454. The van der Waals surface area contributed by atoms with E-state index in [9.17, 15) is 4.79 Å². The SMILES string of the molecule is CCOP(=S)(OCC)SCc1cc(=O)n2c(Cl)cccc2n1. The molecule has 0 amide bonds. The van der Waals surface area contributed by atoms with E-state index in [2.05, 4.69) is 4.98 Å². The Labute approximate surface area is 142 Å². The van der Waals surface area contributed by atoms with Crippen molar-refractivity contribution >= 4 is 46.1 Å². The van der Waals surface area contributed by atoms with E-state index in [1.807, 2.05) is 13.8 Å². The van der Waals surface area contributed by atoms with Crippen molar-refractivity contribution in [1.29, 1.82) is 0 Å². The van der Waals surface area contributed by atoms with Crippen molar-refractivity contribution in [1.82, 2.24) is 9.38 Å². The monoisotopic (exact) mass is 378 g/mol. The van der Waals surface area contributed by atoms with Crippen molar-refractivity contribution in [2.24, 2.45) is 0 Å². The molecular weight excluding hydrogens is 363 g/mol. The number of halogens is 1. The summed E-state index contributed by atoms with van der Waals surface area (Å²) in [6, 6.07) is 6.61. The van der Waals surface area contributed by atoms with Gasteiger partial charge in [-0.05, 0) is 37.8 Å². The van der Waals surface area contributed by atoms with Gasteiger partial charge in [0.15, 0.2) is 0 Å². The van der Waals surface area contributed by atoms with Crippen LogP contribution in [0.25, 0.3) is 5.65 Å². The maximum absolute atomic E-state index is 12.1. The molecule has 0 radical (unpaired) electrons. The zero-order valence-electron chi connectivity index (χ0n) is 12.2. The Balaban J connectivity index is 2.25. The summed E-state index contributed by atoms with van der Waals surface area (Å²) >= 11 is 12.8. The first-order valence-electron chi connectivity index (χ1n) is 6.70. The number of rotatable bonds is 7. The lowest BCUT2D eigenvalue weighted by atomic mass is 10.4. The van der Waals surface area contributed by atoms with E-state index in [0.717, 1.165) is 0 Å². The van der Waals surface area contributed by atoms with Crippen molar-refractivity contribution in [3.05, 3.63) is 45.5 Å². The number of hydrogen-bond donors (Lipinski definition) is 0. The van der Waals surface area contributed by atoms with E-state index in [4.69, 9.17) is 32.5 Å². The molecule has 0 unspecified atom stereocenters.